The van der Waals surface area contributed by atoms with Gasteiger partial charge in [0, 0.05) is 10.1 Å². The zero-order valence-corrected chi connectivity index (χ0v) is 13.3. The van der Waals surface area contributed by atoms with Gasteiger partial charge in [0.2, 0.25) is 0 Å². The molecular weight excluding hydrogens is 359 g/mol. The van der Waals surface area contributed by atoms with Crippen LogP contribution in [0.15, 0.2) is 24.3 Å². The van der Waals surface area contributed by atoms with Crippen molar-refractivity contribution in [3.05, 3.63) is 27.8 Å². The molecule has 1 aromatic carbocycles. The maximum Gasteiger partial charge on any atom is 0.329 e. The van der Waals surface area contributed by atoms with Gasteiger partial charge < -0.3 is 15.3 Å². The highest BCUT2D eigenvalue weighted by molar-refractivity contribution is 14.1. The molecule has 5 nitrogen and oxygen atoms in total. The first kappa shape index (κ1) is 15.7. The first-order valence-corrected chi connectivity index (χ1v) is 6.95. The zero-order chi connectivity index (χ0) is 14.6. The predicted octanol–water partition coefficient (Wildman–Crippen LogP) is 3.01. The third-order valence-electron chi connectivity index (χ3n) is 2.88. The molecule has 0 aliphatic heterocycles. The molecule has 19 heavy (non-hydrogen) atoms. The number of carboxylic acid groups (broad SMARTS) is 1. The van der Waals surface area contributed by atoms with Crippen LogP contribution in [-0.2, 0) is 4.79 Å². The molecule has 2 amide bonds. The monoisotopic (exact) mass is 376 g/mol. The average molecular weight is 376 g/mol. The van der Waals surface area contributed by atoms with Crippen LogP contribution in [0.3, 0.4) is 0 Å². The van der Waals surface area contributed by atoms with Crippen LogP contribution in [0.5, 0.6) is 0 Å². The molecule has 1 aromatic rings. The molecular formula is C13H17IN2O3. The fourth-order valence-electron chi connectivity index (χ4n) is 1.65. The smallest absolute Gasteiger partial charge is 0.329 e. The van der Waals surface area contributed by atoms with Crippen LogP contribution in [0, 0.1) is 3.57 Å². The van der Waals surface area contributed by atoms with E-state index in [2.05, 4.69) is 27.9 Å². The number of aliphatic carboxylic acids is 1. The van der Waals surface area contributed by atoms with Gasteiger partial charge in [-0.15, -0.1) is 0 Å². The third-order valence-corrected chi connectivity index (χ3v) is 3.82. The minimum absolute atomic E-state index is 0.314. The van der Waals surface area contributed by atoms with Crippen LogP contribution in [0.2, 0.25) is 0 Å². The summed E-state index contributed by atoms with van der Waals surface area (Å²) in [7, 11) is 0. The summed E-state index contributed by atoms with van der Waals surface area (Å²) in [5.74, 6) is -1.03. The fourth-order valence-corrected chi connectivity index (χ4v) is 2.18. The van der Waals surface area contributed by atoms with Gasteiger partial charge >= 0.3 is 12.0 Å². The second-order valence-electron chi connectivity index (χ2n) is 4.52. The van der Waals surface area contributed by atoms with Gasteiger partial charge in [-0.25, -0.2) is 9.59 Å². The van der Waals surface area contributed by atoms with Crippen LogP contribution < -0.4 is 5.32 Å². The number of rotatable bonds is 4. The number of nitrogens with zero attached hydrogens (tertiary/aromatic N) is 1. The molecule has 0 spiro atoms. The van der Waals surface area contributed by atoms with E-state index in [0.717, 1.165) is 3.57 Å². The Balaban J connectivity index is 2.93. The molecule has 0 atom stereocenters. The normalized spacial score (nSPS) is 10.9. The lowest BCUT2D eigenvalue weighted by Gasteiger charge is -2.34. The number of hydrogen-bond donors (Lipinski definition) is 2. The lowest BCUT2D eigenvalue weighted by Crippen LogP contribution is -2.54. The molecule has 1 rings (SSSR count). The topological polar surface area (TPSA) is 69.6 Å². The van der Waals surface area contributed by atoms with Gasteiger partial charge in [0.1, 0.15) is 5.54 Å². The van der Waals surface area contributed by atoms with Crippen LogP contribution >= 0.6 is 22.6 Å². The van der Waals surface area contributed by atoms with Gasteiger partial charge in [-0.05, 0) is 55.5 Å². The van der Waals surface area contributed by atoms with E-state index in [1.165, 1.54) is 18.7 Å². The zero-order valence-electron chi connectivity index (χ0n) is 11.1. The van der Waals surface area contributed by atoms with Crippen molar-refractivity contribution in [2.75, 3.05) is 11.9 Å². The number of likely N-dealkylation sites (N-methyl/N-ethyl adjacent to an activating group) is 1. The van der Waals surface area contributed by atoms with Gasteiger partial charge in [0.25, 0.3) is 0 Å². The lowest BCUT2D eigenvalue weighted by molar-refractivity contribution is -0.147. The van der Waals surface area contributed by atoms with E-state index in [0.29, 0.717) is 12.2 Å². The summed E-state index contributed by atoms with van der Waals surface area (Å²) in [5.41, 5.74) is -0.577. The maximum absolute atomic E-state index is 12.2. The Kier molecular flexibility index (Phi) is 5.16. The maximum atomic E-state index is 12.2. The number of halogens is 1. The van der Waals surface area contributed by atoms with Crippen molar-refractivity contribution < 1.29 is 14.7 Å². The second kappa shape index (κ2) is 6.23. The third kappa shape index (κ3) is 3.59. The number of anilines is 1. The Labute approximate surface area is 126 Å². The quantitative estimate of drug-likeness (QED) is 0.794. The summed E-state index contributed by atoms with van der Waals surface area (Å²) in [5, 5.41) is 11.9. The molecule has 0 heterocycles. The van der Waals surface area contributed by atoms with Crippen molar-refractivity contribution in [3.63, 3.8) is 0 Å². The average Bonchev–Trinajstić information content (AvgIpc) is 2.32. The number of carbonyl (C=O) groups is 2. The molecule has 0 aliphatic rings. The summed E-state index contributed by atoms with van der Waals surface area (Å²) in [6, 6.07) is 6.92. The van der Waals surface area contributed by atoms with E-state index in [9.17, 15) is 14.7 Å². The minimum atomic E-state index is -1.25. The van der Waals surface area contributed by atoms with E-state index in [1.54, 1.807) is 13.0 Å². The number of carboxylic acids is 1. The van der Waals surface area contributed by atoms with Crippen LogP contribution in [0.1, 0.15) is 20.8 Å². The van der Waals surface area contributed by atoms with Gasteiger partial charge in [0.15, 0.2) is 0 Å². The highest BCUT2D eigenvalue weighted by Gasteiger charge is 2.37. The highest BCUT2D eigenvalue weighted by Crippen LogP contribution is 2.20. The summed E-state index contributed by atoms with van der Waals surface area (Å²) >= 11 is 2.11. The van der Waals surface area contributed by atoms with Crippen molar-refractivity contribution in [1.29, 1.82) is 0 Å². The number of carbonyl (C=O) groups excluding carboxylic acids is 1. The Hall–Kier alpha value is -1.31. The largest absolute Gasteiger partial charge is 0.480 e. The first-order chi connectivity index (χ1) is 8.80. The van der Waals surface area contributed by atoms with Crippen LogP contribution in [0.25, 0.3) is 0 Å². The number of nitrogens with one attached hydrogen (secondary N) is 1. The summed E-state index contributed by atoms with van der Waals surface area (Å²) in [6.45, 7) is 5.08. The molecule has 0 aliphatic carbocycles. The molecule has 0 fully saturated rings. The van der Waals surface area contributed by atoms with Gasteiger partial charge in [-0.2, -0.15) is 0 Å². The van der Waals surface area contributed by atoms with Crippen molar-refractivity contribution >= 4 is 40.3 Å². The molecule has 0 saturated carbocycles. The van der Waals surface area contributed by atoms with E-state index < -0.39 is 17.5 Å². The molecule has 104 valence electrons. The van der Waals surface area contributed by atoms with Gasteiger partial charge in [-0.3, -0.25) is 0 Å². The van der Waals surface area contributed by atoms with Gasteiger partial charge in [-0.1, -0.05) is 12.1 Å². The van der Waals surface area contributed by atoms with Crippen LogP contribution in [-0.4, -0.2) is 34.1 Å². The van der Waals surface area contributed by atoms with E-state index >= 15 is 0 Å². The minimum Gasteiger partial charge on any atom is -0.480 e. The number of benzene rings is 1. The van der Waals surface area contributed by atoms with E-state index in [1.807, 2.05) is 18.2 Å². The van der Waals surface area contributed by atoms with Crippen molar-refractivity contribution in [3.8, 4) is 0 Å². The van der Waals surface area contributed by atoms with E-state index in [4.69, 9.17) is 0 Å². The number of urea groups is 1. The number of para-hydroxylation sites is 1. The molecule has 0 aromatic heterocycles. The molecule has 0 bridgehead atoms. The highest BCUT2D eigenvalue weighted by atomic mass is 127. The molecule has 2 N–H and O–H groups in total. The molecule has 6 heteroatoms. The Bertz CT molecular complexity index is 489. The van der Waals surface area contributed by atoms with Crippen molar-refractivity contribution in [2.24, 2.45) is 0 Å². The number of amides is 2. The fraction of sp³-hybridized carbons (Fsp3) is 0.385. The summed E-state index contributed by atoms with van der Waals surface area (Å²) in [6.07, 6.45) is 0. The molecule has 0 saturated heterocycles. The Morgan fingerprint density at radius 3 is 2.42 bits per heavy atom. The standard InChI is InChI=1S/C13H17IN2O3/c1-4-16(13(2,3)11(17)18)12(19)15-10-8-6-5-7-9(10)14/h5-8H,4H2,1-3H3,(H,15,19)(H,17,18). The first-order valence-electron chi connectivity index (χ1n) is 5.87. The lowest BCUT2D eigenvalue weighted by atomic mass is 10.0. The Morgan fingerprint density at radius 2 is 1.95 bits per heavy atom. The van der Waals surface area contributed by atoms with Gasteiger partial charge in [0.05, 0.1) is 5.69 Å². The van der Waals surface area contributed by atoms with E-state index in [-0.39, 0.29) is 0 Å². The van der Waals surface area contributed by atoms with Crippen LogP contribution in [0.4, 0.5) is 10.5 Å². The second-order valence-corrected chi connectivity index (χ2v) is 5.68. The van der Waals surface area contributed by atoms with Crippen molar-refractivity contribution in [1.82, 2.24) is 4.90 Å². The predicted molar refractivity (Wildman–Crippen MR) is 82.3 cm³/mol. The van der Waals surface area contributed by atoms with Crippen molar-refractivity contribution in [2.45, 2.75) is 26.3 Å². The SMILES string of the molecule is CCN(C(=O)Nc1ccccc1I)C(C)(C)C(=O)O. The Morgan fingerprint density at radius 1 is 1.37 bits per heavy atom. The summed E-state index contributed by atoms with van der Waals surface area (Å²) in [4.78, 5) is 24.7. The number of hydrogen-bond acceptors (Lipinski definition) is 2. The molecule has 0 radical (unpaired) electrons. The summed E-state index contributed by atoms with van der Waals surface area (Å²) < 4.78 is 0.901. The molecule has 0 unspecified atom stereocenters.